The Morgan fingerprint density at radius 3 is 1.15 bits per heavy atom. The Labute approximate surface area is 352 Å². The number of rotatable bonds is 21. The third-order valence-electron chi connectivity index (χ3n) is 10.0. The van der Waals surface area contributed by atoms with Crippen molar-refractivity contribution < 1.29 is 43.2 Å². The standard InChI is InChI=1S/C38H71N13O9/c1-32(2,42)26(55)48-33(3,4)27(56)44-21(13-17-39)23(52)46-35(7,8)29(58)49-34(5,6)28(57)45-22(14-18-40)24(53)47-36(9,10)30(59)50-37(11,12)31(60)51-38(25(41)54)15-19-43-20-16-38/h21-22,43H,13-20,39-40,42H2,1-12H3,(H2,41,54)(H,44,56)(H,45,57)(H,46,52)(H,47,53)(H,48,55)(H,49,58)(H,50,59)(H,51,60)/t21-,22-/m0/s1. The molecule has 1 rings (SSSR count). The number of nitrogens with one attached hydrogen (secondary N) is 9. The maximum atomic E-state index is 13.6. The molecule has 342 valence electrons. The summed E-state index contributed by atoms with van der Waals surface area (Å²) in [4.78, 5) is 119. The average Bonchev–Trinajstić information content (AvgIpc) is 3.09. The molecule has 0 saturated carbocycles. The molecule has 0 radical (unpaired) electrons. The summed E-state index contributed by atoms with van der Waals surface area (Å²) >= 11 is 0. The van der Waals surface area contributed by atoms with Crippen LogP contribution in [-0.2, 0) is 43.2 Å². The van der Waals surface area contributed by atoms with Gasteiger partial charge < -0.3 is 70.8 Å². The lowest BCUT2D eigenvalue weighted by Gasteiger charge is -2.39. The summed E-state index contributed by atoms with van der Waals surface area (Å²) in [5, 5.41) is 23.8. The van der Waals surface area contributed by atoms with Gasteiger partial charge in [0.05, 0.1) is 5.54 Å². The fourth-order valence-electron chi connectivity index (χ4n) is 5.61. The van der Waals surface area contributed by atoms with E-state index in [1.165, 1.54) is 83.1 Å². The van der Waals surface area contributed by atoms with Crippen LogP contribution in [0.4, 0.5) is 0 Å². The minimum atomic E-state index is -1.68. The molecule has 0 aromatic rings. The van der Waals surface area contributed by atoms with Crippen LogP contribution < -0.4 is 70.8 Å². The van der Waals surface area contributed by atoms with Gasteiger partial charge in [0.15, 0.2) is 0 Å². The third kappa shape index (κ3) is 14.7. The van der Waals surface area contributed by atoms with Crippen LogP contribution in [0.1, 0.15) is 109 Å². The minimum Gasteiger partial charge on any atom is -0.368 e. The second-order valence-corrected chi connectivity index (χ2v) is 18.5. The Bertz CT molecular complexity index is 1650. The number of hydrogen-bond acceptors (Lipinski definition) is 13. The first kappa shape index (κ1) is 53.1. The van der Waals surface area contributed by atoms with Gasteiger partial charge in [-0.05, 0) is 135 Å². The highest BCUT2D eigenvalue weighted by molar-refractivity contribution is 6.01. The predicted molar refractivity (Wildman–Crippen MR) is 223 cm³/mol. The normalized spacial score (nSPS) is 15.8. The van der Waals surface area contributed by atoms with E-state index in [1.807, 2.05) is 0 Å². The van der Waals surface area contributed by atoms with E-state index in [2.05, 4.69) is 47.9 Å². The van der Waals surface area contributed by atoms with Gasteiger partial charge in [0, 0.05) is 0 Å². The molecule has 22 heteroatoms. The highest BCUT2D eigenvalue weighted by Crippen LogP contribution is 2.20. The highest BCUT2D eigenvalue weighted by Gasteiger charge is 2.45. The zero-order valence-electron chi connectivity index (χ0n) is 37.3. The summed E-state index contributed by atoms with van der Waals surface area (Å²) in [6.45, 7) is 17.7. The summed E-state index contributed by atoms with van der Waals surface area (Å²) in [5.41, 5.74) is 12.3. The van der Waals surface area contributed by atoms with Gasteiger partial charge in [-0.1, -0.05) is 0 Å². The zero-order chi connectivity index (χ0) is 46.9. The van der Waals surface area contributed by atoms with Crippen molar-refractivity contribution in [1.29, 1.82) is 0 Å². The fourth-order valence-corrected chi connectivity index (χ4v) is 5.61. The molecule has 1 heterocycles. The van der Waals surface area contributed by atoms with Gasteiger partial charge in [-0.2, -0.15) is 0 Å². The van der Waals surface area contributed by atoms with Gasteiger partial charge in [0.2, 0.25) is 53.2 Å². The number of primary amides is 1. The van der Waals surface area contributed by atoms with Crippen LogP contribution in [0, 0.1) is 0 Å². The average molecular weight is 854 g/mol. The Hall–Kier alpha value is -4.93. The molecule has 60 heavy (non-hydrogen) atoms. The van der Waals surface area contributed by atoms with Crippen molar-refractivity contribution in [3.63, 3.8) is 0 Å². The smallest absolute Gasteiger partial charge is 0.246 e. The minimum absolute atomic E-state index is 0.0212. The summed E-state index contributed by atoms with van der Waals surface area (Å²) in [7, 11) is 0. The van der Waals surface area contributed by atoms with Crippen molar-refractivity contribution in [3.05, 3.63) is 0 Å². The first-order chi connectivity index (χ1) is 27.1. The lowest BCUT2D eigenvalue weighted by molar-refractivity contribution is -0.141. The highest BCUT2D eigenvalue weighted by atomic mass is 16.2. The lowest BCUT2D eigenvalue weighted by Crippen LogP contribution is -2.69. The molecule has 1 aliphatic heterocycles. The molecule has 0 unspecified atom stereocenters. The van der Waals surface area contributed by atoms with Gasteiger partial charge in [0.25, 0.3) is 0 Å². The van der Waals surface area contributed by atoms with Crippen molar-refractivity contribution in [2.24, 2.45) is 22.9 Å². The molecule has 0 aromatic carbocycles. The van der Waals surface area contributed by atoms with E-state index < -0.39 is 104 Å². The summed E-state index contributed by atoms with van der Waals surface area (Å²) < 4.78 is 0. The molecule has 22 nitrogen and oxygen atoms in total. The topological polar surface area (TPSA) is 366 Å². The van der Waals surface area contributed by atoms with Gasteiger partial charge in [-0.15, -0.1) is 0 Å². The van der Waals surface area contributed by atoms with E-state index >= 15 is 0 Å². The number of nitrogens with two attached hydrogens (primary N) is 4. The SMILES string of the molecule is CC(C)(N)C(=O)NC(C)(C)C(=O)N[C@@H](CCN)C(=O)NC(C)(C)C(=O)NC(C)(C)C(=O)N[C@@H](CCN)C(=O)NC(C)(C)C(=O)NC(C)(C)C(=O)NC1(C(N)=O)CCNCC1. The molecule has 0 aliphatic carbocycles. The van der Waals surface area contributed by atoms with Crippen molar-refractivity contribution >= 4 is 53.2 Å². The summed E-state index contributed by atoms with van der Waals surface area (Å²) in [5.74, 6) is -6.64. The Morgan fingerprint density at radius 1 is 0.517 bits per heavy atom. The molecular formula is C38H71N13O9. The molecule has 0 spiro atoms. The number of carbonyl (C=O) groups is 9. The molecule has 1 fully saturated rings. The maximum Gasteiger partial charge on any atom is 0.246 e. The van der Waals surface area contributed by atoms with Crippen molar-refractivity contribution in [3.8, 4) is 0 Å². The van der Waals surface area contributed by atoms with Crippen LogP contribution in [0.15, 0.2) is 0 Å². The third-order valence-corrected chi connectivity index (χ3v) is 10.0. The van der Waals surface area contributed by atoms with E-state index in [-0.39, 0.29) is 38.8 Å². The number of piperidine rings is 1. The molecule has 17 N–H and O–H groups in total. The Kier molecular flexibility index (Phi) is 17.8. The van der Waals surface area contributed by atoms with Crippen LogP contribution in [0.2, 0.25) is 0 Å². The van der Waals surface area contributed by atoms with Gasteiger partial charge in [-0.3, -0.25) is 43.2 Å². The van der Waals surface area contributed by atoms with Crippen LogP contribution in [0.25, 0.3) is 0 Å². The van der Waals surface area contributed by atoms with E-state index in [1.54, 1.807) is 0 Å². The first-order valence-corrected chi connectivity index (χ1v) is 19.9. The lowest BCUT2D eigenvalue weighted by atomic mass is 9.86. The largest absolute Gasteiger partial charge is 0.368 e. The van der Waals surface area contributed by atoms with Crippen LogP contribution >= 0.6 is 0 Å². The van der Waals surface area contributed by atoms with E-state index in [0.29, 0.717) is 13.1 Å². The number of amides is 9. The molecule has 1 saturated heterocycles. The molecule has 0 bridgehead atoms. The Balaban J connectivity index is 3.04. The van der Waals surface area contributed by atoms with Crippen molar-refractivity contribution in [2.45, 2.75) is 160 Å². The molecule has 0 aromatic heterocycles. The second-order valence-electron chi connectivity index (χ2n) is 18.5. The van der Waals surface area contributed by atoms with Crippen molar-refractivity contribution in [1.82, 2.24) is 47.9 Å². The van der Waals surface area contributed by atoms with Gasteiger partial charge >= 0.3 is 0 Å². The number of hydrogen-bond donors (Lipinski definition) is 13. The molecule has 9 amide bonds. The molecular weight excluding hydrogens is 782 g/mol. The van der Waals surface area contributed by atoms with Gasteiger partial charge in [0.1, 0.15) is 45.3 Å². The van der Waals surface area contributed by atoms with E-state index in [9.17, 15) is 43.2 Å². The molecule has 2 atom stereocenters. The van der Waals surface area contributed by atoms with Crippen LogP contribution in [0.3, 0.4) is 0 Å². The summed E-state index contributed by atoms with van der Waals surface area (Å²) in [6, 6.07) is -2.50. The second kappa shape index (κ2) is 20.1. The van der Waals surface area contributed by atoms with E-state index in [4.69, 9.17) is 22.9 Å². The maximum absolute atomic E-state index is 13.6. The first-order valence-electron chi connectivity index (χ1n) is 19.9. The van der Waals surface area contributed by atoms with Crippen molar-refractivity contribution in [2.75, 3.05) is 26.2 Å². The monoisotopic (exact) mass is 854 g/mol. The molecule has 1 aliphatic rings. The predicted octanol–water partition coefficient (Wildman–Crippen LogP) is -4.41. The quantitative estimate of drug-likeness (QED) is 0.0519. The Morgan fingerprint density at radius 2 is 0.833 bits per heavy atom. The fraction of sp³-hybridized carbons (Fsp3) is 0.763. The van der Waals surface area contributed by atoms with Gasteiger partial charge in [-0.25, -0.2) is 0 Å². The number of carbonyl (C=O) groups excluding carboxylic acids is 9. The van der Waals surface area contributed by atoms with Crippen LogP contribution in [-0.4, -0.2) is 130 Å². The zero-order valence-corrected chi connectivity index (χ0v) is 37.3. The van der Waals surface area contributed by atoms with E-state index in [0.717, 1.165) is 0 Å². The van der Waals surface area contributed by atoms with Crippen LogP contribution in [0.5, 0.6) is 0 Å². The summed E-state index contributed by atoms with van der Waals surface area (Å²) in [6.07, 6.45) is 0.424.